The molecule has 0 aliphatic carbocycles. The van der Waals surface area contributed by atoms with Gasteiger partial charge >= 0.3 is 0 Å². The molecule has 0 saturated carbocycles. The SMILES string of the molecule is O=S(=O)(c1cnn(CCCl)c1)N1CCCC1. The highest BCUT2D eigenvalue weighted by molar-refractivity contribution is 7.89. The molecule has 0 atom stereocenters. The highest BCUT2D eigenvalue weighted by Gasteiger charge is 2.28. The highest BCUT2D eigenvalue weighted by atomic mass is 35.5. The molecule has 0 radical (unpaired) electrons. The minimum Gasteiger partial charge on any atom is -0.270 e. The molecular weight excluding hydrogens is 250 g/mol. The molecule has 2 heterocycles. The fourth-order valence-corrected chi connectivity index (χ4v) is 3.41. The number of rotatable bonds is 4. The van der Waals surface area contributed by atoms with Crippen LogP contribution in [0.25, 0.3) is 0 Å². The average molecular weight is 264 g/mol. The van der Waals surface area contributed by atoms with Crippen molar-refractivity contribution in [3.63, 3.8) is 0 Å². The van der Waals surface area contributed by atoms with Crippen LogP contribution in [0.4, 0.5) is 0 Å². The van der Waals surface area contributed by atoms with Gasteiger partial charge in [-0.3, -0.25) is 4.68 Å². The van der Waals surface area contributed by atoms with Crippen LogP contribution in [0, 0.1) is 0 Å². The van der Waals surface area contributed by atoms with E-state index in [4.69, 9.17) is 11.6 Å². The first-order valence-electron chi connectivity index (χ1n) is 5.23. The number of hydrogen-bond donors (Lipinski definition) is 0. The molecular formula is C9H14ClN3O2S. The number of halogens is 1. The second-order valence-corrected chi connectivity index (χ2v) is 6.06. The molecule has 0 amide bonds. The van der Waals surface area contributed by atoms with Crippen LogP contribution < -0.4 is 0 Å². The summed E-state index contributed by atoms with van der Waals surface area (Å²) in [5.74, 6) is 0.422. The summed E-state index contributed by atoms with van der Waals surface area (Å²) in [6, 6.07) is 0. The number of hydrogen-bond acceptors (Lipinski definition) is 3. The molecule has 16 heavy (non-hydrogen) atoms. The van der Waals surface area contributed by atoms with Gasteiger partial charge < -0.3 is 0 Å². The standard InChI is InChI=1S/C9H14ClN3O2S/c10-3-6-12-8-9(7-11-12)16(14,15)13-4-1-2-5-13/h7-8H,1-6H2. The lowest BCUT2D eigenvalue weighted by Gasteiger charge is -2.13. The van der Waals surface area contributed by atoms with Crippen LogP contribution in [0.3, 0.4) is 0 Å². The maximum Gasteiger partial charge on any atom is 0.246 e. The quantitative estimate of drug-likeness (QED) is 0.759. The number of alkyl halides is 1. The van der Waals surface area contributed by atoms with Gasteiger partial charge in [0, 0.05) is 25.2 Å². The van der Waals surface area contributed by atoms with E-state index < -0.39 is 10.0 Å². The Balaban J connectivity index is 2.21. The molecule has 0 N–H and O–H groups in total. The van der Waals surface area contributed by atoms with Crippen molar-refractivity contribution in [2.24, 2.45) is 0 Å². The minimum atomic E-state index is -3.33. The van der Waals surface area contributed by atoms with E-state index in [2.05, 4.69) is 5.10 Å². The number of nitrogens with zero attached hydrogens (tertiary/aromatic N) is 3. The molecule has 1 aliphatic rings. The zero-order valence-electron chi connectivity index (χ0n) is 8.84. The Morgan fingerprint density at radius 1 is 1.38 bits per heavy atom. The summed E-state index contributed by atoms with van der Waals surface area (Å²) in [5.41, 5.74) is 0. The summed E-state index contributed by atoms with van der Waals surface area (Å²) < 4.78 is 27.2. The van der Waals surface area contributed by atoms with Crippen molar-refractivity contribution in [3.8, 4) is 0 Å². The third kappa shape index (κ3) is 2.23. The molecule has 1 saturated heterocycles. The van der Waals surface area contributed by atoms with E-state index in [9.17, 15) is 8.42 Å². The summed E-state index contributed by atoms with van der Waals surface area (Å²) in [5, 5.41) is 3.97. The van der Waals surface area contributed by atoms with Crippen molar-refractivity contribution in [2.75, 3.05) is 19.0 Å². The van der Waals surface area contributed by atoms with E-state index in [1.165, 1.54) is 16.7 Å². The molecule has 90 valence electrons. The third-order valence-corrected chi connectivity index (χ3v) is 4.65. The Hall–Kier alpha value is -0.590. The normalized spacial score (nSPS) is 18.1. The maximum absolute atomic E-state index is 12.1. The summed E-state index contributed by atoms with van der Waals surface area (Å²) in [4.78, 5) is 0.263. The molecule has 2 rings (SSSR count). The molecule has 7 heteroatoms. The Bertz CT molecular complexity index is 451. The van der Waals surface area contributed by atoms with Crippen molar-refractivity contribution >= 4 is 21.6 Å². The van der Waals surface area contributed by atoms with E-state index in [1.54, 1.807) is 4.68 Å². The van der Waals surface area contributed by atoms with Crippen molar-refractivity contribution in [3.05, 3.63) is 12.4 Å². The van der Waals surface area contributed by atoms with Crippen molar-refractivity contribution in [2.45, 2.75) is 24.3 Å². The molecule has 0 spiro atoms. The Kier molecular flexibility index (Phi) is 3.51. The molecule has 1 aromatic heterocycles. The molecule has 5 nitrogen and oxygen atoms in total. The van der Waals surface area contributed by atoms with Crippen molar-refractivity contribution in [1.29, 1.82) is 0 Å². The third-order valence-electron chi connectivity index (χ3n) is 2.63. The highest BCUT2D eigenvalue weighted by Crippen LogP contribution is 2.19. The van der Waals surface area contributed by atoms with Crippen LogP contribution in [0.15, 0.2) is 17.3 Å². The van der Waals surface area contributed by atoms with Crippen LogP contribution in [-0.2, 0) is 16.6 Å². The van der Waals surface area contributed by atoms with Crippen LogP contribution >= 0.6 is 11.6 Å². The van der Waals surface area contributed by atoms with Crippen LogP contribution in [0.5, 0.6) is 0 Å². The molecule has 1 aliphatic heterocycles. The van der Waals surface area contributed by atoms with E-state index in [0.717, 1.165) is 12.8 Å². The number of sulfonamides is 1. The van der Waals surface area contributed by atoms with Crippen LogP contribution in [0.1, 0.15) is 12.8 Å². The number of aromatic nitrogens is 2. The van der Waals surface area contributed by atoms with Gasteiger partial charge in [0.05, 0.1) is 12.7 Å². The second-order valence-electron chi connectivity index (χ2n) is 3.74. The average Bonchev–Trinajstić information content (AvgIpc) is 2.88. The predicted molar refractivity (Wildman–Crippen MR) is 60.9 cm³/mol. The topological polar surface area (TPSA) is 55.2 Å². The minimum absolute atomic E-state index is 0.263. The maximum atomic E-state index is 12.1. The van der Waals surface area contributed by atoms with Gasteiger partial charge in [0.2, 0.25) is 10.0 Å². The van der Waals surface area contributed by atoms with Gasteiger partial charge in [0.25, 0.3) is 0 Å². The Labute approximate surface area is 100 Å². The van der Waals surface area contributed by atoms with Crippen molar-refractivity contribution in [1.82, 2.24) is 14.1 Å². The van der Waals surface area contributed by atoms with Crippen molar-refractivity contribution < 1.29 is 8.42 Å². The fraction of sp³-hybridized carbons (Fsp3) is 0.667. The first kappa shape index (κ1) is 11.9. The summed E-state index contributed by atoms with van der Waals surface area (Å²) in [7, 11) is -3.33. The lowest BCUT2D eigenvalue weighted by molar-refractivity contribution is 0.477. The van der Waals surface area contributed by atoms with Gasteiger partial charge in [-0.15, -0.1) is 11.6 Å². The lowest BCUT2D eigenvalue weighted by Crippen LogP contribution is -2.27. The number of aryl methyl sites for hydroxylation is 1. The van der Waals surface area contributed by atoms with E-state index in [1.807, 2.05) is 0 Å². The van der Waals surface area contributed by atoms with Crippen LogP contribution in [-0.4, -0.2) is 41.5 Å². The zero-order valence-corrected chi connectivity index (χ0v) is 10.4. The fourth-order valence-electron chi connectivity index (χ4n) is 1.76. The van der Waals surface area contributed by atoms with E-state index in [0.29, 0.717) is 25.5 Å². The summed E-state index contributed by atoms with van der Waals surface area (Å²) in [6.07, 6.45) is 4.81. The van der Waals surface area contributed by atoms with Gasteiger partial charge in [-0.05, 0) is 12.8 Å². The van der Waals surface area contributed by atoms with Crippen LogP contribution in [0.2, 0.25) is 0 Å². The monoisotopic (exact) mass is 263 g/mol. The van der Waals surface area contributed by atoms with E-state index >= 15 is 0 Å². The molecule has 1 fully saturated rings. The molecule has 0 bridgehead atoms. The van der Waals surface area contributed by atoms with Gasteiger partial charge in [0.15, 0.2) is 0 Å². The van der Waals surface area contributed by atoms with Gasteiger partial charge in [-0.25, -0.2) is 8.42 Å². The first-order valence-corrected chi connectivity index (χ1v) is 7.20. The first-order chi connectivity index (χ1) is 7.64. The smallest absolute Gasteiger partial charge is 0.246 e. The predicted octanol–water partition coefficient (Wildman–Crippen LogP) is 0.906. The molecule has 0 unspecified atom stereocenters. The van der Waals surface area contributed by atoms with Gasteiger partial charge in [-0.2, -0.15) is 9.40 Å². The second kappa shape index (κ2) is 4.73. The van der Waals surface area contributed by atoms with E-state index in [-0.39, 0.29) is 4.90 Å². The molecule has 1 aromatic rings. The lowest BCUT2D eigenvalue weighted by atomic mass is 10.4. The van der Waals surface area contributed by atoms with Gasteiger partial charge in [-0.1, -0.05) is 0 Å². The summed E-state index contributed by atoms with van der Waals surface area (Å²) >= 11 is 5.57. The Morgan fingerprint density at radius 3 is 2.69 bits per heavy atom. The largest absolute Gasteiger partial charge is 0.270 e. The zero-order chi connectivity index (χ0) is 11.6. The van der Waals surface area contributed by atoms with Gasteiger partial charge in [0.1, 0.15) is 4.90 Å². The Morgan fingerprint density at radius 2 is 2.06 bits per heavy atom. The molecule has 0 aromatic carbocycles. The summed E-state index contributed by atoms with van der Waals surface area (Å²) in [6.45, 7) is 1.75.